The number of carbonyl (C=O) groups is 1. The summed E-state index contributed by atoms with van der Waals surface area (Å²) in [5, 5.41) is 2.37. The van der Waals surface area contributed by atoms with E-state index in [-0.39, 0.29) is 5.91 Å². The van der Waals surface area contributed by atoms with Crippen molar-refractivity contribution in [2.24, 2.45) is 5.73 Å². The van der Waals surface area contributed by atoms with Crippen LogP contribution in [0.2, 0.25) is 0 Å². The monoisotopic (exact) mass is 318 g/mol. The van der Waals surface area contributed by atoms with Crippen molar-refractivity contribution in [3.63, 3.8) is 0 Å². The molecule has 0 heterocycles. The zero-order valence-corrected chi connectivity index (χ0v) is 13.9. The summed E-state index contributed by atoms with van der Waals surface area (Å²) in [7, 11) is 1.80. The average molecular weight is 318 g/mol. The predicted molar refractivity (Wildman–Crippen MR) is 98.5 cm³/mol. The van der Waals surface area contributed by atoms with Gasteiger partial charge in [-0.05, 0) is 28.3 Å². The molecule has 0 unspecified atom stereocenters. The first-order chi connectivity index (χ1) is 11.6. The lowest BCUT2D eigenvalue weighted by Crippen LogP contribution is -2.42. The van der Waals surface area contributed by atoms with Crippen molar-refractivity contribution in [3.05, 3.63) is 83.9 Å². The average Bonchev–Trinajstić information content (AvgIpc) is 2.61. The van der Waals surface area contributed by atoms with Gasteiger partial charge < -0.3 is 10.6 Å². The molecule has 0 fully saturated rings. The van der Waals surface area contributed by atoms with Crippen LogP contribution in [0.25, 0.3) is 10.8 Å². The van der Waals surface area contributed by atoms with Gasteiger partial charge in [0.25, 0.3) is 0 Å². The van der Waals surface area contributed by atoms with Gasteiger partial charge in [0, 0.05) is 13.6 Å². The Morgan fingerprint density at radius 2 is 1.58 bits per heavy atom. The number of benzene rings is 3. The first kappa shape index (κ1) is 16.2. The molecule has 3 aromatic carbocycles. The summed E-state index contributed by atoms with van der Waals surface area (Å²) in [5.41, 5.74) is 8.35. The molecule has 1 atom stereocenters. The van der Waals surface area contributed by atoms with Crippen LogP contribution in [-0.4, -0.2) is 23.9 Å². The van der Waals surface area contributed by atoms with Crippen LogP contribution in [0.15, 0.2) is 72.8 Å². The van der Waals surface area contributed by atoms with Crippen LogP contribution < -0.4 is 5.73 Å². The van der Waals surface area contributed by atoms with E-state index in [0.29, 0.717) is 13.0 Å². The van der Waals surface area contributed by atoms with Crippen molar-refractivity contribution in [1.82, 2.24) is 4.90 Å². The summed E-state index contributed by atoms with van der Waals surface area (Å²) in [4.78, 5) is 14.2. The Balaban J connectivity index is 1.66. The van der Waals surface area contributed by atoms with E-state index in [0.717, 1.165) is 11.1 Å². The molecule has 0 saturated carbocycles. The molecule has 0 spiro atoms. The number of rotatable bonds is 5. The number of fused-ring (bicyclic) bond motifs is 1. The quantitative estimate of drug-likeness (QED) is 0.784. The molecule has 24 heavy (non-hydrogen) atoms. The summed E-state index contributed by atoms with van der Waals surface area (Å²) in [5.74, 6) is -0.0352. The Bertz CT molecular complexity index is 829. The van der Waals surface area contributed by atoms with Crippen molar-refractivity contribution in [2.45, 2.75) is 19.0 Å². The Hall–Kier alpha value is -2.65. The second-order valence-electron chi connectivity index (χ2n) is 6.17. The smallest absolute Gasteiger partial charge is 0.239 e. The number of amides is 1. The van der Waals surface area contributed by atoms with Crippen LogP contribution in [0, 0.1) is 0 Å². The molecule has 0 radical (unpaired) electrons. The highest BCUT2D eigenvalue weighted by Crippen LogP contribution is 2.17. The third-order valence-corrected chi connectivity index (χ3v) is 4.23. The van der Waals surface area contributed by atoms with E-state index in [2.05, 4.69) is 24.3 Å². The minimum atomic E-state index is -0.528. The first-order valence-electron chi connectivity index (χ1n) is 8.15. The van der Waals surface area contributed by atoms with Crippen LogP contribution in [0.3, 0.4) is 0 Å². The molecular weight excluding hydrogens is 296 g/mol. The van der Waals surface area contributed by atoms with E-state index in [1.165, 1.54) is 10.8 Å². The number of likely N-dealkylation sites (N-methyl/N-ethyl adjacent to an activating group) is 1. The zero-order chi connectivity index (χ0) is 16.9. The van der Waals surface area contributed by atoms with Crippen LogP contribution in [0.4, 0.5) is 0 Å². The maximum Gasteiger partial charge on any atom is 0.239 e. The first-order valence-corrected chi connectivity index (χ1v) is 8.15. The third-order valence-electron chi connectivity index (χ3n) is 4.23. The lowest BCUT2D eigenvalue weighted by atomic mass is 10.0. The molecular formula is C21H22N2O. The van der Waals surface area contributed by atoms with Gasteiger partial charge in [-0.3, -0.25) is 4.79 Å². The molecule has 3 heteroatoms. The minimum absolute atomic E-state index is 0.0352. The number of nitrogens with two attached hydrogens (primary N) is 1. The van der Waals surface area contributed by atoms with Crippen LogP contribution in [0.5, 0.6) is 0 Å². The molecule has 0 aliphatic rings. The highest BCUT2D eigenvalue weighted by molar-refractivity contribution is 5.84. The maximum atomic E-state index is 12.5. The highest BCUT2D eigenvalue weighted by atomic mass is 16.2. The van der Waals surface area contributed by atoms with E-state index < -0.39 is 6.04 Å². The molecule has 0 aromatic heterocycles. The standard InChI is InChI=1S/C21H22N2O/c1-23(15-16-7-3-2-4-8-16)21(24)20(22)14-17-11-12-18-9-5-6-10-19(18)13-17/h2-13,20H,14-15,22H2,1H3/t20-/m0/s1. The van der Waals surface area contributed by atoms with Gasteiger partial charge in [0.05, 0.1) is 6.04 Å². The van der Waals surface area contributed by atoms with Gasteiger partial charge >= 0.3 is 0 Å². The normalized spacial score (nSPS) is 12.1. The fourth-order valence-corrected chi connectivity index (χ4v) is 2.93. The van der Waals surface area contributed by atoms with Gasteiger partial charge in [0.15, 0.2) is 0 Å². The number of hydrogen-bond donors (Lipinski definition) is 1. The summed E-state index contributed by atoms with van der Waals surface area (Å²) in [6, 6.07) is 23.9. The van der Waals surface area contributed by atoms with Crippen molar-refractivity contribution < 1.29 is 4.79 Å². The molecule has 3 aromatic rings. The second-order valence-corrected chi connectivity index (χ2v) is 6.17. The van der Waals surface area contributed by atoms with Crippen LogP contribution in [-0.2, 0) is 17.8 Å². The Kier molecular flexibility index (Phi) is 4.92. The van der Waals surface area contributed by atoms with E-state index in [1.54, 1.807) is 11.9 Å². The van der Waals surface area contributed by atoms with Crippen molar-refractivity contribution in [1.29, 1.82) is 0 Å². The molecule has 1 amide bonds. The molecule has 2 N–H and O–H groups in total. The molecule has 3 nitrogen and oxygen atoms in total. The van der Waals surface area contributed by atoms with E-state index in [9.17, 15) is 4.79 Å². The van der Waals surface area contributed by atoms with E-state index in [4.69, 9.17) is 5.73 Å². The van der Waals surface area contributed by atoms with Gasteiger partial charge in [0.1, 0.15) is 0 Å². The maximum absolute atomic E-state index is 12.5. The van der Waals surface area contributed by atoms with Crippen molar-refractivity contribution in [3.8, 4) is 0 Å². The Labute approximate surface area is 142 Å². The molecule has 0 saturated heterocycles. The predicted octanol–water partition coefficient (Wildman–Crippen LogP) is 3.37. The topological polar surface area (TPSA) is 46.3 Å². The van der Waals surface area contributed by atoms with E-state index >= 15 is 0 Å². The summed E-state index contributed by atoms with van der Waals surface area (Å²) >= 11 is 0. The zero-order valence-electron chi connectivity index (χ0n) is 13.9. The second kappa shape index (κ2) is 7.28. The lowest BCUT2D eigenvalue weighted by Gasteiger charge is -2.21. The van der Waals surface area contributed by atoms with Crippen LogP contribution in [0.1, 0.15) is 11.1 Å². The fourth-order valence-electron chi connectivity index (χ4n) is 2.93. The highest BCUT2D eigenvalue weighted by Gasteiger charge is 2.18. The summed E-state index contributed by atoms with van der Waals surface area (Å²) in [6.07, 6.45) is 0.544. The van der Waals surface area contributed by atoms with Crippen LogP contribution >= 0.6 is 0 Å². The number of nitrogens with zero attached hydrogens (tertiary/aromatic N) is 1. The van der Waals surface area contributed by atoms with Gasteiger partial charge in [-0.15, -0.1) is 0 Å². The van der Waals surface area contributed by atoms with Crippen molar-refractivity contribution in [2.75, 3.05) is 7.05 Å². The van der Waals surface area contributed by atoms with Gasteiger partial charge in [0.2, 0.25) is 5.91 Å². The molecule has 3 rings (SSSR count). The number of hydrogen-bond acceptors (Lipinski definition) is 2. The lowest BCUT2D eigenvalue weighted by molar-refractivity contribution is -0.131. The Morgan fingerprint density at radius 3 is 2.33 bits per heavy atom. The largest absolute Gasteiger partial charge is 0.340 e. The molecule has 0 aliphatic carbocycles. The number of carbonyl (C=O) groups excluding carboxylic acids is 1. The summed E-state index contributed by atoms with van der Waals surface area (Å²) in [6.45, 7) is 0.574. The molecule has 122 valence electrons. The summed E-state index contributed by atoms with van der Waals surface area (Å²) < 4.78 is 0. The molecule has 0 bridgehead atoms. The van der Waals surface area contributed by atoms with Gasteiger partial charge in [-0.1, -0.05) is 72.8 Å². The Morgan fingerprint density at radius 1 is 0.917 bits per heavy atom. The molecule has 0 aliphatic heterocycles. The SMILES string of the molecule is CN(Cc1ccccc1)C(=O)[C@@H](N)Cc1ccc2ccccc2c1. The minimum Gasteiger partial charge on any atom is -0.340 e. The van der Waals surface area contributed by atoms with Gasteiger partial charge in [-0.2, -0.15) is 0 Å². The van der Waals surface area contributed by atoms with Gasteiger partial charge in [-0.25, -0.2) is 0 Å². The fraction of sp³-hybridized carbons (Fsp3) is 0.190. The van der Waals surface area contributed by atoms with E-state index in [1.807, 2.05) is 48.5 Å². The third kappa shape index (κ3) is 3.81. The van der Waals surface area contributed by atoms with Crippen molar-refractivity contribution >= 4 is 16.7 Å².